The van der Waals surface area contributed by atoms with Crippen LogP contribution in [0, 0.1) is 0 Å². The van der Waals surface area contributed by atoms with E-state index in [4.69, 9.17) is 0 Å². The number of carbonyl (C=O) groups is 2. The summed E-state index contributed by atoms with van der Waals surface area (Å²) < 4.78 is 25.9. The normalized spacial score (nSPS) is 13.4. The molecule has 0 saturated heterocycles. The lowest BCUT2D eigenvalue weighted by Crippen LogP contribution is -2.25. The van der Waals surface area contributed by atoms with E-state index in [9.17, 15) is 18.0 Å². The number of urea groups is 1. The molecule has 22 heavy (non-hydrogen) atoms. The fourth-order valence-corrected chi connectivity index (χ4v) is 3.03. The molecule has 9 heteroatoms. The Morgan fingerprint density at radius 3 is 2.77 bits per heavy atom. The van der Waals surface area contributed by atoms with Crippen molar-refractivity contribution in [1.82, 2.24) is 4.98 Å². The number of aldehydes is 1. The molecule has 0 fully saturated rings. The lowest BCUT2D eigenvalue weighted by atomic mass is 10.2. The summed E-state index contributed by atoms with van der Waals surface area (Å²) in [4.78, 5) is 33.0. The monoisotopic (exact) mass is 318 g/mol. The van der Waals surface area contributed by atoms with E-state index in [0.29, 0.717) is 28.2 Å². The predicted molar refractivity (Wildman–Crippen MR) is 77.5 cm³/mol. The topological polar surface area (TPSA) is 118 Å². The molecule has 3 rings (SSSR count). The lowest BCUT2D eigenvalue weighted by Gasteiger charge is -2.07. The lowest BCUT2D eigenvalue weighted by molar-refractivity contribution is -0.107. The zero-order valence-electron chi connectivity index (χ0n) is 11.2. The molecule has 1 aliphatic rings. The summed E-state index contributed by atoms with van der Waals surface area (Å²) in [6.45, 7) is 0. The molecule has 0 radical (unpaired) electrons. The minimum absolute atomic E-state index is 0.0690. The highest BCUT2D eigenvalue weighted by molar-refractivity contribution is 7.92. The molecule has 2 amide bonds. The van der Waals surface area contributed by atoms with Crippen LogP contribution in [0.2, 0.25) is 0 Å². The molecule has 1 aromatic carbocycles. The van der Waals surface area contributed by atoms with Crippen LogP contribution in [-0.4, -0.2) is 31.5 Å². The van der Waals surface area contributed by atoms with Gasteiger partial charge in [0, 0.05) is 17.5 Å². The van der Waals surface area contributed by atoms with Crippen LogP contribution in [0.1, 0.15) is 6.42 Å². The second-order valence-electron chi connectivity index (χ2n) is 4.62. The molecular weight excluding hydrogens is 308 g/mol. The Labute approximate surface area is 124 Å². The highest BCUT2D eigenvalue weighted by atomic mass is 32.2. The van der Waals surface area contributed by atoms with Gasteiger partial charge in [0.1, 0.15) is 11.6 Å². The number of pyridine rings is 1. The summed E-state index contributed by atoms with van der Waals surface area (Å²) in [5, 5.41) is 0.987. The van der Waals surface area contributed by atoms with Crippen LogP contribution >= 0.6 is 0 Å². The molecular formula is C13H10N4O4S. The second kappa shape index (κ2) is 5.26. The van der Waals surface area contributed by atoms with Crippen LogP contribution in [0.15, 0.2) is 34.3 Å². The van der Waals surface area contributed by atoms with Crippen molar-refractivity contribution in [3.05, 3.63) is 35.1 Å². The molecule has 1 aromatic heterocycles. The standard InChI is InChI=1S/C13H10N4O4S/c18-4-1-5-22(20,21)17-9-2-3-10-8(6-9)7-11-12(14-10)16-13(19)15-11/h2-4,6-7,17H,1,5H2. The molecule has 112 valence electrons. The molecule has 0 atom stereocenters. The number of fused-ring (bicyclic) bond motifs is 2. The third kappa shape index (κ3) is 2.84. The number of hydrogen-bond donors (Lipinski definition) is 1. The molecule has 8 nitrogen and oxygen atoms in total. The summed E-state index contributed by atoms with van der Waals surface area (Å²) >= 11 is 0. The molecule has 1 N–H and O–H groups in total. The average Bonchev–Trinajstić information content (AvgIpc) is 2.81. The largest absolute Gasteiger partial charge is 0.369 e. The maximum absolute atomic E-state index is 11.8. The van der Waals surface area contributed by atoms with E-state index in [1.807, 2.05) is 0 Å². The van der Waals surface area contributed by atoms with Crippen LogP contribution in [0.5, 0.6) is 0 Å². The summed E-state index contributed by atoms with van der Waals surface area (Å²) in [5.41, 5.74) is 1.18. The van der Waals surface area contributed by atoms with Gasteiger partial charge in [-0.1, -0.05) is 0 Å². The first-order chi connectivity index (χ1) is 10.5. The van der Waals surface area contributed by atoms with Crippen LogP contribution < -0.4 is 15.6 Å². The first-order valence-electron chi connectivity index (χ1n) is 6.33. The highest BCUT2D eigenvalue weighted by Gasteiger charge is 2.12. The van der Waals surface area contributed by atoms with E-state index in [1.165, 1.54) is 0 Å². The zero-order chi connectivity index (χ0) is 15.7. The fraction of sp³-hybridized carbons (Fsp3) is 0.154. The van der Waals surface area contributed by atoms with Crippen molar-refractivity contribution in [2.24, 2.45) is 9.98 Å². The maximum Gasteiger partial charge on any atom is 0.369 e. The van der Waals surface area contributed by atoms with Gasteiger partial charge in [-0.15, -0.1) is 0 Å². The van der Waals surface area contributed by atoms with Crippen LogP contribution in [0.3, 0.4) is 0 Å². The number of amides is 2. The SMILES string of the molecule is O=CCCS(=O)(=O)Nc1ccc2nc3c(cc2c1)=NC(=O)N=3. The van der Waals surface area contributed by atoms with Crippen molar-refractivity contribution < 1.29 is 18.0 Å². The van der Waals surface area contributed by atoms with Gasteiger partial charge in [-0.05, 0) is 24.3 Å². The number of rotatable bonds is 5. The van der Waals surface area contributed by atoms with Crippen LogP contribution in [-0.2, 0) is 14.8 Å². The molecule has 0 aliphatic carbocycles. The number of sulfonamides is 1. The van der Waals surface area contributed by atoms with E-state index in [1.54, 1.807) is 24.3 Å². The van der Waals surface area contributed by atoms with E-state index in [2.05, 4.69) is 19.7 Å². The molecule has 2 heterocycles. The van der Waals surface area contributed by atoms with E-state index in [-0.39, 0.29) is 17.7 Å². The summed E-state index contributed by atoms with van der Waals surface area (Å²) in [5.74, 6) is -0.278. The van der Waals surface area contributed by atoms with Gasteiger partial charge in [-0.3, -0.25) is 4.72 Å². The number of anilines is 1. The summed E-state index contributed by atoms with van der Waals surface area (Å²) in [6.07, 6.45) is 0.481. The van der Waals surface area contributed by atoms with Crippen LogP contribution in [0.25, 0.3) is 10.9 Å². The number of carbonyl (C=O) groups excluding carboxylic acids is 2. The van der Waals surface area contributed by atoms with Gasteiger partial charge < -0.3 is 4.79 Å². The van der Waals surface area contributed by atoms with E-state index >= 15 is 0 Å². The van der Waals surface area contributed by atoms with E-state index in [0.717, 1.165) is 0 Å². The summed E-state index contributed by atoms with van der Waals surface area (Å²) in [6, 6.07) is 5.77. The van der Waals surface area contributed by atoms with Gasteiger partial charge >= 0.3 is 6.03 Å². The minimum atomic E-state index is -3.58. The number of nitrogens with one attached hydrogen (secondary N) is 1. The molecule has 1 aliphatic heterocycles. The van der Waals surface area contributed by atoms with Gasteiger partial charge in [-0.25, -0.2) is 18.2 Å². The first-order valence-corrected chi connectivity index (χ1v) is 7.98. The quantitative estimate of drug-likeness (QED) is 0.775. The predicted octanol–water partition coefficient (Wildman–Crippen LogP) is -0.0617. The Kier molecular flexibility index (Phi) is 3.41. The van der Waals surface area contributed by atoms with Crippen molar-refractivity contribution in [3.8, 4) is 0 Å². The average molecular weight is 318 g/mol. The van der Waals surface area contributed by atoms with Gasteiger partial charge in [-0.2, -0.15) is 9.98 Å². The Morgan fingerprint density at radius 2 is 2.00 bits per heavy atom. The third-order valence-electron chi connectivity index (χ3n) is 2.97. The number of benzene rings is 1. The van der Waals surface area contributed by atoms with E-state index < -0.39 is 16.1 Å². The Balaban J connectivity index is 1.99. The number of aromatic nitrogens is 1. The zero-order valence-corrected chi connectivity index (χ0v) is 12.0. The molecule has 0 bridgehead atoms. The molecule has 0 unspecified atom stereocenters. The first kappa shape index (κ1) is 14.3. The van der Waals surface area contributed by atoms with Crippen LogP contribution in [0.4, 0.5) is 10.5 Å². The van der Waals surface area contributed by atoms with Crippen molar-refractivity contribution in [2.45, 2.75) is 6.42 Å². The van der Waals surface area contributed by atoms with Gasteiger partial charge in [0.2, 0.25) is 10.0 Å². The third-order valence-corrected chi connectivity index (χ3v) is 4.29. The summed E-state index contributed by atoms with van der Waals surface area (Å²) in [7, 11) is -3.58. The number of hydrogen-bond acceptors (Lipinski definition) is 5. The van der Waals surface area contributed by atoms with Crippen molar-refractivity contribution >= 4 is 38.9 Å². The van der Waals surface area contributed by atoms with Crippen molar-refractivity contribution in [2.75, 3.05) is 10.5 Å². The fourth-order valence-electron chi connectivity index (χ4n) is 2.04. The van der Waals surface area contributed by atoms with Crippen molar-refractivity contribution in [3.63, 3.8) is 0 Å². The molecule has 2 aromatic rings. The highest BCUT2D eigenvalue weighted by Crippen LogP contribution is 2.17. The maximum atomic E-state index is 11.8. The minimum Gasteiger partial charge on any atom is -0.303 e. The smallest absolute Gasteiger partial charge is 0.303 e. The Hall–Kier alpha value is -2.68. The van der Waals surface area contributed by atoms with Crippen molar-refractivity contribution in [1.29, 1.82) is 0 Å². The molecule has 0 saturated carbocycles. The Morgan fingerprint density at radius 1 is 1.18 bits per heavy atom. The molecule has 0 spiro atoms. The van der Waals surface area contributed by atoms with Gasteiger partial charge in [0.25, 0.3) is 0 Å². The second-order valence-corrected chi connectivity index (χ2v) is 6.46. The van der Waals surface area contributed by atoms with Gasteiger partial charge in [0.15, 0.2) is 5.49 Å². The van der Waals surface area contributed by atoms with Gasteiger partial charge in [0.05, 0.1) is 11.3 Å². The Bertz CT molecular complexity index is 1010. The number of nitrogens with zero attached hydrogens (tertiary/aromatic N) is 3.